The number of aromatic nitrogens is 3. The molecular weight excluding hydrogens is 436 g/mol. The van der Waals surface area contributed by atoms with Crippen molar-refractivity contribution in [2.24, 2.45) is 0 Å². The van der Waals surface area contributed by atoms with Gasteiger partial charge >= 0.3 is 0 Å². The molecule has 1 atom stereocenters. The summed E-state index contributed by atoms with van der Waals surface area (Å²) in [5.74, 6) is 2.24. The van der Waals surface area contributed by atoms with Gasteiger partial charge in [0.1, 0.15) is 17.3 Å². The Morgan fingerprint density at radius 1 is 1.18 bits per heavy atom. The summed E-state index contributed by atoms with van der Waals surface area (Å²) in [6.45, 7) is 4.84. The predicted octanol–water partition coefficient (Wildman–Crippen LogP) is 5.45. The summed E-state index contributed by atoms with van der Waals surface area (Å²) < 4.78 is 13.9. The molecule has 0 saturated heterocycles. The van der Waals surface area contributed by atoms with Crippen LogP contribution in [-0.2, 0) is 4.79 Å². The molecule has 1 N–H and O–H groups in total. The van der Waals surface area contributed by atoms with E-state index in [1.165, 1.54) is 11.3 Å². The SMILES string of the molecule is CCCCOc1ccc(C2CC(=O)Nc3c2c(C)nn3-c2nc3ccc(OC)cc3s2)cc1. The van der Waals surface area contributed by atoms with Gasteiger partial charge in [0, 0.05) is 17.9 Å². The molecule has 2 aromatic heterocycles. The summed E-state index contributed by atoms with van der Waals surface area (Å²) in [7, 11) is 1.65. The van der Waals surface area contributed by atoms with Crippen LogP contribution in [0, 0.1) is 6.92 Å². The van der Waals surface area contributed by atoms with Gasteiger partial charge in [0.2, 0.25) is 11.0 Å². The van der Waals surface area contributed by atoms with Crippen molar-refractivity contribution in [1.82, 2.24) is 14.8 Å². The van der Waals surface area contributed by atoms with Gasteiger partial charge in [0.25, 0.3) is 0 Å². The van der Waals surface area contributed by atoms with Gasteiger partial charge in [-0.2, -0.15) is 9.78 Å². The van der Waals surface area contributed by atoms with Crippen LogP contribution in [0.5, 0.6) is 11.5 Å². The van der Waals surface area contributed by atoms with E-state index in [9.17, 15) is 4.79 Å². The summed E-state index contributed by atoms with van der Waals surface area (Å²) in [6.07, 6.45) is 2.51. The minimum absolute atomic E-state index is 0.0281. The first-order valence-electron chi connectivity index (χ1n) is 11.1. The Kier molecular flexibility index (Phi) is 5.76. The van der Waals surface area contributed by atoms with Crippen molar-refractivity contribution in [2.45, 2.75) is 39.0 Å². The van der Waals surface area contributed by atoms with Crippen LogP contribution in [0.3, 0.4) is 0 Å². The predicted molar refractivity (Wildman–Crippen MR) is 130 cm³/mol. The molecule has 1 unspecified atom stereocenters. The van der Waals surface area contributed by atoms with Gasteiger partial charge in [-0.1, -0.05) is 36.8 Å². The molecule has 0 saturated carbocycles. The number of unbranched alkanes of at least 4 members (excludes halogenated alkanes) is 1. The highest BCUT2D eigenvalue weighted by Gasteiger charge is 2.33. The zero-order valence-electron chi connectivity index (χ0n) is 18.9. The van der Waals surface area contributed by atoms with E-state index in [4.69, 9.17) is 19.6 Å². The number of amides is 1. The minimum atomic E-state index is -0.0679. The number of thiazole rings is 1. The van der Waals surface area contributed by atoms with E-state index < -0.39 is 0 Å². The summed E-state index contributed by atoms with van der Waals surface area (Å²) >= 11 is 1.52. The second kappa shape index (κ2) is 8.86. The Bertz CT molecular complexity index is 1310. The largest absolute Gasteiger partial charge is 0.497 e. The quantitative estimate of drug-likeness (QED) is 0.370. The molecule has 1 amide bonds. The van der Waals surface area contributed by atoms with Crippen molar-refractivity contribution in [3.63, 3.8) is 0 Å². The van der Waals surface area contributed by atoms with E-state index in [-0.39, 0.29) is 11.8 Å². The van der Waals surface area contributed by atoms with Crippen molar-refractivity contribution in [3.8, 4) is 16.6 Å². The number of anilines is 1. The molecule has 0 aliphatic carbocycles. The molecule has 7 nitrogen and oxygen atoms in total. The van der Waals surface area contributed by atoms with E-state index >= 15 is 0 Å². The lowest BCUT2D eigenvalue weighted by atomic mass is 9.86. The third-order valence-electron chi connectivity index (χ3n) is 5.92. The minimum Gasteiger partial charge on any atom is -0.497 e. The van der Waals surface area contributed by atoms with E-state index in [2.05, 4.69) is 24.4 Å². The molecule has 2 aromatic carbocycles. The van der Waals surface area contributed by atoms with Crippen LogP contribution in [0.4, 0.5) is 5.82 Å². The molecule has 1 aliphatic heterocycles. The number of carbonyl (C=O) groups excluding carboxylic acids is 1. The van der Waals surface area contributed by atoms with Crippen molar-refractivity contribution < 1.29 is 14.3 Å². The highest BCUT2D eigenvalue weighted by Crippen LogP contribution is 2.41. The number of hydrogen-bond acceptors (Lipinski definition) is 6. The molecule has 5 rings (SSSR count). The highest BCUT2D eigenvalue weighted by atomic mass is 32.1. The topological polar surface area (TPSA) is 78.3 Å². The fraction of sp³-hybridized carbons (Fsp3) is 0.320. The summed E-state index contributed by atoms with van der Waals surface area (Å²) in [5.41, 5.74) is 3.86. The van der Waals surface area contributed by atoms with Crippen LogP contribution in [-0.4, -0.2) is 34.4 Å². The van der Waals surface area contributed by atoms with Gasteiger partial charge in [0.05, 0.1) is 29.6 Å². The zero-order chi connectivity index (χ0) is 22.9. The first kappa shape index (κ1) is 21.5. The highest BCUT2D eigenvalue weighted by molar-refractivity contribution is 7.20. The number of nitrogens with one attached hydrogen (secondary N) is 1. The molecule has 3 heterocycles. The molecular formula is C25H26N4O3S. The maximum Gasteiger partial charge on any atom is 0.226 e. The number of fused-ring (bicyclic) bond motifs is 2. The Morgan fingerprint density at radius 2 is 1.97 bits per heavy atom. The van der Waals surface area contributed by atoms with Crippen molar-refractivity contribution in [3.05, 3.63) is 59.3 Å². The van der Waals surface area contributed by atoms with E-state index in [1.807, 2.05) is 37.3 Å². The Hall–Kier alpha value is -3.39. The zero-order valence-corrected chi connectivity index (χ0v) is 19.7. The lowest BCUT2D eigenvalue weighted by Gasteiger charge is -2.24. The third kappa shape index (κ3) is 4.06. The average molecular weight is 463 g/mol. The summed E-state index contributed by atoms with van der Waals surface area (Å²) in [5, 5.41) is 8.52. The second-order valence-corrected chi connectivity index (χ2v) is 9.17. The number of rotatable bonds is 7. The van der Waals surface area contributed by atoms with Crippen LogP contribution < -0.4 is 14.8 Å². The third-order valence-corrected chi connectivity index (χ3v) is 6.91. The van der Waals surface area contributed by atoms with Crippen LogP contribution in [0.25, 0.3) is 15.3 Å². The number of carbonyl (C=O) groups is 1. The molecule has 1 aliphatic rings. The van der Waals surface area contributed by atoms with E-state index in [0.717, 1.165) is 51.4 Å². The lowest BCUT2D eigenvalue weighted by Crippen LogP contribution is -2.24. The second-order valence-electron chi connectivity index (χ2n) is 8.17. The van der Waals surface area contributed by atoms with Crippen molar-refractivity contribution in [1.29, 1.82) is 0 Å². The lowest BCUT2D eigenvalue weighted by molar-refractivity contribution is -0.116. The number of hydrogen-bond donors (Lipinski definition) is 1. The molecule has 4 aromatic rings. The molecule has 0 fully saturated rings. The standard InChI is InChI=1S/C25H26N4O3S/c1-4-5-12-32-17-8-6-16(7-9-17)19-14-22(30)27-24-23(19)15(2)28-29(24)25-26-20-11-10-18(31-3)13-21(20)33-25/h6-11,13,19H,4-5,12,14H2,1-3H3,(H,27,30). The van der Waals surface area contributed by atoms with Crippen LogP contribution in [0.15, 0.2) is 42.5 Å². The number of benzene rings is 2. The summed E-state index contributed by atoms with van der Waals surface area (Å²) in [6, 6.07) is 13.9. The average Bonchev–Trinajstić information content (AvgIpc) is 3.39. The van der Waals surface area contributed by atoms with E-state index in [1.54, 1.807) is 11.8 Å². The molecule has 0 radical (unpaired) electrons. The van der Waals surface area contributed by atoms with Gasteiger partial charge in [-0.05, 0) is 49.2 Å². The Balaban J connectivity index is 1.51. The van der Waals surface area contributed by atoms with Gasteiger partial charge in [-0.15, -0.1) is 0 Å². The first-order chi connectivity index (χ1) is 16.1. The van der Waals surface area contributed by atoms with Gasteiger partial charge in [-0.25, -0.2) is 4.98 Å². The maximum atomic E-state index is 12.7. The monoisotopic (exact) mass is 462 g/mol. The van der Waals surface area contributed by atoms with Crippen LogP contribution in [0.1, 0.15) is 48.9 Å². The van der Waals surface area contributed by atoms with Crippen molar-refractivity contribution >= 4 is 33.3 Å². The van der Waals surface area contributed by atoms with Gasteiger partial charge in [0.15, 0.2) is 0 Å². The normalized spacial score (nSPS) is 15.4. The molecule has 8 heteroatoms. The number of nitrogens with zero attached hydrogens (tertiary/aromatic N) is 3. The summed E-state index contributed by atoms with van der Waals surface area (Å²) in [4.78, 5) is 17.4. The van der Waals surface area contributed by atoms with Crippen molar-refractivity contribution in [2.75, 3.05) is 19.0 Å². The van der Waals surface area contributed by atoms with Crippen LogP contribution in [0.2, 0.25) is 0 Å². The Labute approximate surface area is 196 Å². The fourth-order valence-corrected chi connectivity index (χ4v) is 5.16. The molecule has 0 spiro atoms. The maximum absolute atomic E-state index is 12.7. The van der Waals surface area contributed by atoms with Crippen LogP contribution >= 0.6 is 11.3 Å². The molecule has 0 bridgehead atoms. The fourth-order valence-electron chi connectivity index (χ4n) is 4.21. The molecule has 33 heavy (non-hydrogen) atoms. The number of aryl methyl sites for hydroxylation is 1. The van der Waals surface area contributed by atoms with Gasteiger partial charge < -0.3 is 14.8 Å². The van der Waals surface area contributed by atoms with E-state index in [0.29, 0.717) is 24.0 Å². The Morgan fingerprint density at radius 3 is 2.73 bits per heavy atom. The van der Waals surface area contributed by atoms with Gasteiger partial charge in [-0.3, -0.25) is 4.79 Å². The number of ether oxygens (including phenoxy) is 2. The first-order valence-corrected chi connectivity index (χ1v) is 12.0. The molecule has 170 valence electrons. The smallest absolute Gasteiger partial charge is 0.226 e. The number of methoxy groups -OCH3 is 1.